The molecule has 0 bridgehead atoms. The molecule has 3 N–H and O–H groups in total. The van der Waals surface area contributed by atoms with Gasteiger partial charge in [0.05, 0.1) is 0 Å². The molecule has 0 aliphatic heterocycles. The molecule has 0 heterocycles. The summed E-state index contributed by atoms with van der Waals surface area (Å²) in [5, 5.41) is 3.09. The van der Waals surface area contributed by atoms with Crippen LogP contribution in [0.3, 0.4) is 0 Å². The molecule has 3 nitrogen and oxygen atoms in total. The zero-order valence-corrected chi connectivity index (χ0v) is 11.1. The molecule has 1 aliphatic carbocycles. The van der Waals surface area contributed by atoms with Crippen molar-refractivity contribution in [3.63, 3.8) is 0 Å². The molecule has 1 atom stereocenters. The fourth-order valence-corrected chi connectivity index (χ4v) is 1.95. The predicted octanol–water partition coefficient (Wildman–Crippen LogP) is 2.06. The minimum Gasteiger partial charge on any atom is -0.353 e. The molecule has 1 fully saturated rings. The molecular weight excluding hydrogens is 200 g/mol. The van der Waals surface area contributed by atoms with Gasteiger partial charge in [-0.1, -0.05) is 27.7 Å². The van der Waals surface area contributed by atoms with Crippen LogP contribution in [0.5, 0.6) is 0 Å². The van der Waals surface area contributed by atoms with Gasteiger partial charge in [0.2, 0.25) is 5.91 Å². The highest BCUT2D eigenvalue weighted by atomic mass is 16.1. The Morgan fingerprint density at radius 3 is 2.44 bits per heavy atom. The van der Waals surface area contributed by atoms with Crippen molar-refractivity contribution in [3.05, 3.63) is 0 Å². The molecule has 0 saturated heterocycles. The second kappa shape index (κ2) is 4.74. The lowest BCUT2D eigenvalue weighted by Crippen LogP contribution is -2.29. The van der Waals surface area contributed by atoms with E-state index in [1.165, 1.54) is 0 Å². The van der Waals surface area contributed by atoms with Crippen LogP contribution < -0.4 is 11.1 Å². The molecule has 0 aromatic heterocycles. The van der Waals surface area contributed by atoms with Gasteiger partial charge in [0.1, 0.15) is 0 Å². The molecule has 1 amide bonds. The number of amides is 1. The molecule has 0 aromatic carbocycles. The fourth-order valence-electron chi connectivity index (χ4n) is 1.95. The third kappa shape index (κ3) is 4.12. The standard InChI is InChI=1S/C13H26N2O/c1-12(2,7-8-14)6-5-11(16)15-10-9-13(10,3)4/h10H,5-9,14H2,1-4H3,(H,15,16). The predicted molar refractivity (Wildman–Crippen MR) is 67.0 cm³/mol. The van der Waals surface area contributed by atoms with Crippen LogP contribution in [0.1, 0.15) is 53.4 Å². The second-order valence-corrected chi connectivity index (χ2v) is 6.52. The van der Waals surface area contributed by atoms with Crippen molar-refractivity contribution < 1.29 is 4.79 Å². The first-order chi connectivity index (χ1) is 7.27. The maximum Gasteiger partial charge on any atom is 0.220 e. The Balaban J connectivity index is 2.20. The van der Waals surface area contributed by atoms with E-state index < -0.39 is 0 Å². The van der Waals surface area contributed by atoms with Gasteiger partial charge in [-0.15, -0.1) is 0 Å². The van der Waals surface area contributed by atoms with Crippen molar-refractivity contribution >= 4 is 5.91 Å². The lowest BCUT2D eigenvalue weighted by Gasteiger charge is -2.23. The Morgan fingerprint density at radius 2 is 2.00 bits per heavy atom. The van der Waals surface area contributed by atoms with Gasteiger partial charge in [-0.05, 0) is 36.6 Å². The minimum absolute atomic E-state index is 0.186. The third-order valence-corrected chi connectivity index (χ3v) is 3.70. The average Bonchev–Trinajstić information content (AvgIpc) is 2.70. The summed E-state index contributed by atoms with van der Waals surface area (Å²) < 4.78 is 0. The van der Waals surface area contributed by atoms with Crippen molar-refractivity contribution in [2.75, 3.05) is 6.54 Å². The smallest absolute Gasteiger partial charge is 0.220 e. The van der Waals surface area contributed by atoms with E-state index in [9.17, 15) is 4.79 Å². The molecule has 94 valence electrons. The average molecular weight is 226 g/mol. The van der Waals surface area contributed by atoms with Gasteiger partial charge in [-0.2, -0.15) is 0 Å². The Morgan fingerprint density at radius 1 is 1.44 bits per heavy atom. The lowest BCUT2D eigenvalue weighted by atomic mass is 9.84. The largest absolute Gasteiger partial charge is 0.353 e. The van der Waals surface area contributed by atoms with Crippen LogP contribution in [0.25, 0.3) is 0 Å². The third-order valence-electron chi connectivity index (χ3n) is 3.70. The first kappa shape index (κ1) is 13.5. The molecule has 1 unspecified atom stereocenters. The summed E-state index contributed by atoms with van der Waals surface area (Å²) >= 11 is 0. The molecule has 1 rings (SSSR count). The van der Waals surface area contributed by atoms with Crippen molar-refractivity contribution in [1.82, 2.24) is 5.32 Å². The van der Waals surface area contributed by atoms with E-state index in [2.05, 4.69) is 33.0 Å². The van der Waals surface area contributed by atoms with E-state index in [1.54, 1.807) is 0 Å². The van der Waals surface area contributed by atoms with E-state index >= 15 is 0 Å². The summed E-state index contributed by atoms with van der Waals surface area (Å²) in [7, 11) is 0. The zero-order chi connectivity index (χ0) is 12.4. The Kier molecular flexibility index (Phi) is 4.00. The van der Waals surface area contributed by atoms with Gasteiger partial charge >= 0.3 is 0 Å². The number of nitrogens with one attached hydrogen (secondary N) is 1. The van der Waals surface area contributed by atoms with Crippen molar-refractivity contribution in [2.45, 2.75) is 59.4 Å². The number of carbonyl (C=O) groups excluding carboxylic acids is 1. The molecule has 0 radical (unpaired) electrons. The SMILES string of the molecule is CC(C)(CCN)CCC(=O)NC1CC1(C)C. The van der Waals surface area contributed by atoms with E-state index in [0.717, 1.165) is 19.3 Å². The Labute approximate surface area is 99.2 Å². The number of hydrogen-bond donors (Lipinski definition) is 2. The van der Waals surface area contributed by atoms with Gasteiger partial charge in [0, 0.05) is 12.5 Å². The normalized spacial score (nSPS) is 22.9. The van der Waals surface area contributed by atoms with Crippen molar-refractivity contribution in [3.8, 4) is 0 Å². The van der Waals surface area contributed by atoms with E-state index in [1.807, 2.05) is 0 Å². The van der Waals surface area contributed by atoms with E-state index in [-0.39, 0.29) is 11.3 Å². The summed E-state index contributed by atoms with van der Waals surface area (Å²) in [6.07, 6.45) is 3.64. The van der Waals surface area contributed by atoms with Crippen LogP contribution in [0.4, 0.5) is 0 Å². The highest BCUT2D eigenvalue weighted by Crippen LogP contribution is 2.44. The zero-order valence-electron chi connectivity index (χ0n) is 11.1. The first-order valence-corrected chi connectivity index (χ1v) is 6.26. The molecule has 16 heavy (non-hydrogen) atoms. The van der Waals surface area contributed by atoms with Gasteiger partial charge in [0.15, 0.2) is 0 Å². The molecule has 0 spiro atoms. The highest BCUT2D eigenvalue weighted by Gasteiger charge is 2.46. The summed E-state index contributed by atoms with van der Waals surface area (Å²) in [6, 6.07) is 0.401. The maximum atomic E-state index is 11.7. The van der Waals surface area contributed by atoms with Crippen LogP contribution in [-0.2, 0) is 4.79 Å². The topological polar surface area (TPSA) is 55.1 Å². The van der Waals surface area contributed by atoms with Gasteiger partial charge in [0.25, 0.3) is 0 Å². The molecular formula is C13H26N2O. The van der Waals surface area contributed by atoms with Crippen molar-refractivity contribution in [1.29, 1.82) is 0 Å². The number of nitrogens with two attached hydrogens (primary N) is 1. The quantitative estimate of drug-likeness (QED) is 0.728. The molecule has 1 aliphatic rings. The van der Waals surface area contributed by atoms with Crippen LogP contribution in [0.15, 0.2) is 0 Å². The van der Waals surface area contributed by atoms with Gasteiger partial charge in [-0.25, -0.2) is 0 Å². The number of rotatable bonds is 6. The number of hydrogen-bond acceptors (Lipinski definition) is 2. The minimum atomic E-state index is 0.186. The van der Waals surface area contributed by atoms with Gasteiger partial charge in [-0.3, -0.25) is 4.79 Å². The Bertz CT molecular complexity index is 259. The van der Waals surface area contributed by atoms with E-state index in [4.69, 9.17) is 5.73 Å². The van der Waals surface area contributed by atoms with E-state index in [0.29, 0.717) is 24.4 Å². The lowest BCUT2D eigenvalue weighted by molar-refractivity contribution is -0.122. The summed E-state index contributed by atoms with van der Waals surface area (Å²) in [5.74, 6) is 0.195. The molecule has 1 saturated carbocycles. The van der Waals surface area contributed by atoms with Crippen LogP contribution in [-0.4, -0.2) is 18.5 Å². The fraction of sp³-hybridized carbons (Fsp3) is 0.923. The van der Waals surface area contributed by atoms with Gasteiger partial charge < -0.3 is 11.1 Å². The first-order valence-electron chi connectivity index (χ1n) is 6.26. The van der Waals surface area contributed by atoms with Crippen molar-refractivity contribution in [2.24, 2.45) is 16.6 Å². The Hall–Kier alpha value is -0.570. The highest BCUT2D eigenvalue weighted by molar-refractivity contribution is 5.76. The maximum absolute atomic E-state index is 11.7. The molecule has 0 aromatic rings. The summed E-state index contributed by atoms with van der Waals surface area (Å²) in [4.78, 5) is 11.7. The summed E-state index contributed by atoms with van der Waals surface area (Å²) in [6.45, 7) is 9.43. The molecule has 3 heteroatoms. The van der Waals surface area contributed by atoms with Crippen LogP contribution in [0.2, 0.25) is 0 Å². The van der Waals surface area contributed by atoms with Crippen LogP contribution >= 0.6 is 0 Å². The van der Waals surface area contributed by atoms with Crippen LogP contribution in [0, 0.1) is 10.8 Å². The summed E-state index contributed by atoms with van der Waals surface area (Å²) in [5.41, 5.74) is 6.05. The second-order valence-electron chi connectivity index (χ2n) is 6.52. The number of carbonyl (C=O) groups is 1. The monoisotopic (exact) mass is 226 g/mol.